The Morgan fingerprint density at radius 2 is 1.62 bits per heavy atom. The van der Waals surface area contributed by atoms with E-state index in [2.05, 4.69) is 21.2 Å². The summed E-state index contributed by atoms with van der Waals surface area (Å²) in [7, 11) is -3.86. The Hall–Kier alpha value is -2.59. The third-order valence-electron chi connectivity index (χ3n) is 5.96. The van der Waals surface area contributed by atoms with Crippen LogP contribution < -0.4 is 9.62 Å². The second-order valence-electron chi connectivity index (χ2n) is 8.99. The van der Waals surface area contributed by atoms with Crippen LogP contribution in [0.2, 0.25) is 10.0 Å². The van der Waals surface area contributed by atoms with Gasteiger partial charge >= 0.3 is 0 Å². The Balaban J connectivity index is 2.07. The topological polar surface area (TPSA) is 86.8 Å². The summed E-state index contributed by atoms with van der Waals surface area (Å²) in [5, 5.41) is 3.57. The molecule has 0 radical (unpaired) electrons. The Kier molecular flexibility index (Phi) is 11.2. The maximum atomic E-state index is 14.0. The molecule has 0 fully saturated rings. The molecule has 39 heavy (non-hydrogen) atoms. The van der Waals surface area contributed by atoms with Crippen molar-refractivity contribution in [3.8, 4) is 0 Å². The van der Waals surface area contributed by atoms with Gasteiger partial charge in [-0.3, -0.25) is 13.9 Å². The van der Waals surface area contributed by atoms with E-state index < -0.39 is 28.5 Å². The van der Waals surface area contributed by atoms with Gasteiger partial charge in [0.2, 0.25) is 21.8 Å². The highest BCUT2D eigenvalue weighted by Crippen LogP contribution is 2.29. The number of hydrogen-bond donors (Lipinski definition) is 1. The van der Waals surface area contributed by atoms with E-state index in [-0.39, 0.29) is 18.9 Å². The number of nitrogens with zero attached hydrogens (tertiary/aromatic N) is 2. The molecule has 3 rings (SSSR count). The van der Waals surface area contributed by atoms with Gasteiger partial charge in [-0.25, -0.2) is 8.42 Å². The second-order valence-corrected chi connectivity index (χ2v) is 12.6. The minimum Gasteiger partial charge on any atom is -0.354 e. The number of carbonyl (C=O) groups excluding carboxylic acids is 2. The van der Waals surface area contributed by atoms with Crippen LogP contribution in [0.15, 0.2) is 77.3 Å². The molecular weight excluding hydrogens is 625 g/mol. The molecule has 1 N–H and O–H groups in total. The Bertz CT molecular complexity index is 1410. The SMILES string of the molecule is CCCNC(=O)[C@H](Cc1ccccc1)N(Cc1ccc(Cl)c(Cl)c1)C(=O)CN(c1ccccc1Br)S(C)(=O)=O. The maximum Gasteiger partial charge on any atom is 0.244 e. The fourth-order valence-corrected chi connectivity index (χ4v) is 5.80. The predicted octanol–water partition coefficient (Wildman–Crippen LogP) is 5.69. The van der Waals surface area contributed by atoms with Crippen molar-refractivity contribution in [2.24, 2.45) is 0 Å². The summed E-state index contributed by atoms with van der Waals surface area (Å²) >= 11 is 15.7. The zero-order valence-corrected chi connectivity index (χ0v) is 25.5. The molecule has 0 spiro atoms. The molecule has 0 aliphatic rings. The van der Waals surface area contributed by atoms with Gasteiger partial charge in [-0.05, 0) is 57.7 Å². The normalized spacial score (nSPS) is 12.0. The molecule has 0 heterocycles. The molecule has 0 aromatic heterocycles. The van der Waals surface area contributed by atoms with Crippen molar-refractivity contribution >= 4 is 66.7 Å². The van der Waals surface area contributed by atoms with Crippen LogP contribution in [0.1, 0.15) is 24.5 Å². The minimum atomic E-state index is -3.86. The Morgan fingerprint density at radius 3 is 2.23 bits per heavy atom. The van der Waals surface area contributed by atoms with Gasteiger partial charge in [0.15, 0.2) is 0 Å². The first-order valence-electron chi connectivity index (χ1n) is 12.3. The number of rotatable bonds is 12. The molecule has 0 aliphatic carbocycles. The number of sulfonamides is 1. The number of benzene rings is 3. The standard InChI is InChI=1S/C28H30BrCl2N3O4S/c1-3-15-32-28(36)26(17-20-9-5-4-6-10-20)33(18-21-13-14-23(30)24(31)16-21)27(35)19-34(39(2,37)38)25-12-8-7-11-22(25)29/h4-14,16,26H,3,15,17-19H2,1-2H3,(H,32,36)/t26-/m0/s1. The lowest BCUT2D eigenvalue weighted by atomic mass is 10.0. The van der Waals surface area contributed by atoms with Crippen molar-refractivity contribution in [2.75, 3.05) is 23.7 Å². The molecule has 208 valence electrons. The van der Waals surface area contributed by atoms with Crippen LogP contribution in [-0.2, 0) is 32.6 Å². The minimum absolute atomic E-state index is 0.0142. The highest BCUT2D eigenvalue weighted by atomic mass is 79.9. The van der Waals surface area contributed by atoms with Gasteiger partial charge in [0.05, 0.1) is 22.0 Å². The van der Waals surface area contributed by atoms with E-state index in [9.17, 15) is 18.0 Å². The number of carbonyl (C=O) groups is 2. The summed E-state index contributed by atoms with van der Waals surface area (Å²) in [6, 6.07) is 20.2. The van der Waals surface area contributed by atoms with Gasteiger partial charge in [0, 0.05) is 24.0 Å². The van der Waals surface area contributed by atoms with Crippen molar-refractivity contribution in [2.45, 2.75) is 32.4 Å². The van der Waals surface area contributed by atoms with Crippen LogP contribution in [0, 0.1) is 0 Å². The summed E-state index contributed by atoms with van der Waals surface area (Å²) in [6.45, 7) is 1.88. The van der Waals surface area contributed by atoms with Gasteiger partial charge in [-0.15, -0.1) is 0 Å². The molecule has 0 saturated carbocycles. The number of nitrogens with one attached hydrogen (secondary N) is 1. The lowest BCUT2D eigenvalue weighted by molar-refractivity contribution is -0.140. The third kappa shape index (κ3) is 8.70. The third-order valence-corrected chi connectivity index (χ3v) is 8.49. The summed E-state index contributed by atoms with van der Waals surface area (Å²) in [5.74, 6) is -0.879. The van der Waals surface area contributed by atoms with E-state index in [1.165, 1.54) is 4.90 Å². The van der Waals surface area contributed by atoms with Crippen molar-refractivity contribution in [1.82, 2.24) is 10.2 Å². The molecule has 1 atom stereocenters. The monoisotopic (exact) mass is 653 g/mol. The van der Waals surface area contributed by atoms with E-state index in [0.717, 1.165) is 16.1 Å². The lowest BCUT2D eigenvalue weighted by Crippen LogP contribution is -2.53. The number of hydrogen-bond acceptors (Lipinski definition) is 4. The second kappa shape index (κ2) is 14.2. The highest BCUT2D eigenvalue weighted by molar-refractivity contribution is 9.10. The molecule has 11 heteroatoms. The largest absolute Gasteiger partial charge is 0.354 e. The van der Waals surface area contributed by atoms with E-state index in [4.69, 9.17) is 23.2 Å². The number of para-hydroxylation sites is 1. The fraction of sp³-hybridized carbons (Fsp3) is 0.286. The highest BCUT2D eigenvalue weighted by Gasteiger charge is 2.33. The van der Waals surface area contributed by atoms with E-state index in [1.807, 2.05) is 37.3 Å². The average Bonchev–Trinajstić information content (AvgIpc) is 2.90. The lowest BCUT2D eigenvalue weighted by Gasteiger charge is -2.33. The number of anilines is 1. The smallest absolute Gasteiger partial charge is 0.244 e. The van der Waals surface area contributed by atoms with Gasteiger partial charge in [-0.2, -0.15) is 0 Å². The van der Waals surface area contributed by atoms with Crippen LogP contribution in [0.5, 0.6) is 0 Å². The maximum absolute atomic E-state index is 14.0. The van der Waals surface area contributed by atoms with E-state index >= 15 is 0 Å². The zero-order chi connectivity index (χ0) is 28.6. The summed E-state index contributed by atoms with van der Waals surface area (Å²) in [5.41, 5.74) is 1.82. The number of amides is 2. The van der Waals surface area contributed by atoms with Crippen molar-refractivity contribution in [1.29, 1.82) is 0 Å². The molecular formula is C28H30BrCl2N3O4S. The first-order valence-corrected chi connectivity index (χ1v) is 15.7. The fourth-order valence-electron chi connectivity index (χ4n) is 4.00. The molecule has 2 amide bonds. The predicted molar refractivity (Wildman–Crippen MR) is 161 cm³/mol. The van der Waals surface area contributed by atoms with Crippen LogP contribution in [0.3, 0.4) is 0 Å². The molecule has 0 unspecified atom stereocenters. The summed E-state index contributed by atoms with van der Waals surface area (Å²) in [6.07, 6.45) is 1.99. The van der Waals surface area contributed by atoms with Crippen LogP contribution >= 0.6 is 39.1 Å². The first kappa shape index (κ1) is 30.9. The van der Waals surface area contributed by atoms with Gasteiger partial charge in [0.25, 0.3) is 0 Å². The first-order chi connectivity index (χ1) is 18.5. The van der Waals surface area contributed by atoms with E-state index in [0.29, 0.717) is 38.7 Å². The molecule has 7 nitrogen and oxygen atoms in total. The molecule has 3 aromatic rings. The van der Waals surface area contributed by atoms with Crippen LogP contribution in [0.4, 0.5) is 5.69 Å². The molecule has 0 aliphatic heterocycles. The average molecular weight is 655 g/mol. The van der Waals surface area contributed by atoms with Crippen molar-refractivity contribution < 1.29 is 18.0 Å². The molecule has 3 aromatic carbocycles. The molecule has 0 bridgehead atoms. The van der Waals surface area contributed by atoms with Crippen LogP contribution in [-0.4, -0.2) is 50.5 Å². The van der Waals surface area contributed by atoms with Crippen molar-refractivity contribution in [3.05, 3.63) is 98.4 Å². The zero-order valence-electron chi connectivity index (χ0n) is 21.6. The van der Waals surface area contributed by atoms with Gasteiger partial charge in [0.1, 0.15) is 12.6 Å². The van der Waals surface area contributed by atoms with E-state index in [1.54, 1.807) is 42.5 Å². The number of halogens is 3. The van der Waals surface area contributed by atoms with Gasteiger partial charge in [-0.1, -0.05) is 78.7 Å². The summed E-state index contributed by atoms with van der Waals surface area (Å²) in [4.78, 5) is 28.9. The summed E-state index contributed by atoms with van der Waals surface area (Å²) < 4.78 is 27.2. The van der Waals surface area contributed by atoms with Gasteiger partial charge < -0.3 is 10.2 Å². The molecule has 0 saturated heterocycles. The quantitative estimate of drug-likeness (QED) is 0.272. The Morgan fingerprint density at radius 1 is 0.949 bits per heavy atom. The van der Waals surface area contributed by atoms with Crippen LogP contribution in [0.25, 0.3) is 0 Å². The Labute approximate surface area is 248 Å². The van der Waals surface area contributed by atoms with Crippen molar-refractivity contribution in [3.63, 3.8) is 0 Å².